The number of carbonyl (C=O) groups is 2. The van der Waals surface area contributed by atoms with Crippen molar-refractivity contribution in [2.75, 3.05) is 31.1 Å². The summed E-state index contributed by atoms with van der Waals surface area (Å²) in [5, 5.41) is 0. The fourth-order valence-electron chi connectivity index (χ4n) is 3.64. The number of pyridine rings is 1. The van der Waals surface area contributed by atoms with Gasteiger partial charge in [-0.05, 0) is 31.2 Å². The highest BCUT2D eigenvalue weighted by atomic mass is 16.2. The molecule has 8 heteroatoms. The molecule has 1 aliphatic heterocycles. The molecule has 0 unspecified atom stereocenters. The van der Waals surface area contributed by atoms with Crippen molar-refractivity contribution in [2.45, 2.75) is 13.5 Å². The first kappa shape index (κ1) is 18.0. The van der Waals surface area contributed by atoms with Crippen LogP contribution in [-0.4, -0.2) is 57.4 Å². The molecule has 28 heavy (non-hydrogen) atoms. The molecule has 8 nitrogen and oxygen atoms in total. The van der Waals surface area contributed by atoms with Crippen molar-refractivity contribution in [3.8, 4) is 0 Å². The lowest BCUT2D eigenvalue weighted by Crippen LogP contribution is -2.50. The van der Waals surface area contributed by atoms with Crippen LogP contribution >= 0.6 is 0 Å². The molecule has 1 saturated heterocycles. The normalized spacial score (nSPS) is 14.5. The molecule has 0 bridgehead atoms. The summed E-state index contributed by atoms with van der Waals surface area (Å²) in [6.07, 6.45) is 1.65. The quantitative estimate of drug-likeness (QED) is 0.735. The minimum absolute atomic E-state index is 0.0575. The first-order valence-corrected chi connectivity index (χ1v) is 9.24. The van der Waals surface area contributed by atoms with Gasteiger partial charge in [0.2, 0.25) is 5.91 Å². The molecule has 3 heterocycles. The molecular formula is C20H22N6O2. The molecule has 144 valence electrons. The van der Waals surface area contributed by atoms with Gasteiger partial charge >= 0.3 is 0 Å². The summed E-state index contributed by atoms with van der Waals surface area (Å²) >= 11 is 0. The predicted octanol–water partition coefficient (Wildman–Crippen LogP) is 1.19. The lowest BCUT2D eigenvalue weighted by Gasteiger charge is -2.36. The Morgan fingerprint density at radius 1 is 1.07 bits per heavy atom. The number of rotatable bonds is 4. The second kappa shape index (κ2) is 7.30. The van der Waals surface area contributed by atoms with Gasteiger partial charge in [0.1, 0.15) is 18.2 Å². The van der Waals surface area contributed by atoms with Crippen molar-refractivity contribution in [3.63, 3.8) is 0 Å². The zero-order valence-electron chi connectivity index (χ0n) is 15.7. The van der Waals surface area contributed by atoms with Crippen molar-refractivity contribution in [3.05, 3.63) is 54.0 Å². The average molecular weight is 378 g/mol. The SMILES string of the molecule is Cc1nc2ccccc2n1CC(=O)N1CCN(c2ncccc2C(N)=O)CC1. The predicted molar refractivity (Wildman–Crippen MR) is 106 cm³/mol. The van der Waals surface area contributed by atoms with E-state index in [0.29, 0.717) is 37.6 Å². The Morgan fingerprint density at radius 2 is 1.82 bits per heavy atom. The van der Waals surface area contributed by atoms with Crippen LogP contribution < -0.4 is 10.6 Å². The molecule has 1 aromatic carbocycles. The summed E-state index contributed by atoms with van der Waals surface area (Å²) in [7, 11) is 0. The van der Waals surface area contributed by atoms with E-state index >= 15 is 0 Å². The van der Waals surface area contributed by atoms with Gasteiger partial charge in [-0.25, -0.2) is 9.97 Å². The molecule has 2 amide bonds. The Bertz CT molecular complexity index is 1040. The molecule has 0 saturated carbocycles. The van der Waals surface area contributed by atoms with Gasteiger partial charge in [-0.2, -0.15) is 0 Å². The fraction of sp³-hybridized carbons (Fsp3) is 0.300. The highest BCUT2D eigenvalue weighted by Crippen LogP contribution is 2.19. The standard InChI is InChI=1S/C20H22N6O2/c1-14-23-16-6-2-3-7-17(16)26(14)13-18(27)24-9-11-25(12-10-24)20-15(19(21)28)5-4-8-22-20/h2-8H,9-13H2,1H3,(H2,21,28). The van der Waals surface area contributed by atoms with Gasteiger partial charge < -0.3 is 20.1 Å². The van der Waals surface area contributed by atoms with Crippen LogP contribution in [0.3, 0.4) is 0 Å². The van der Waals surface area contributed by atoms with Gasteiger partial charge in [-0.1, -0.05) is 12.1 Å². The van der Waals surface area contributed by atoms with Gasteiger partial charge in [0, 0.05) is 32.4 Å². The highest BCUT2D eigenvalue weighted by Gasteiger charge is 2.25. The third kappa shape index (κ3) is 3.28. The molecule has 1 fully saturated rings. The van der Waals surface area contributed by atoms with Crippen LogP contribution in [0.15, 0.2) is 42.6 Å². The van der Waals surface area contributed by atoms with Crippen LogP contribution in [0.4, 0.5) is 5.82 Å². The summed E-state index contributed by atoms with van der Waals surface area (Å²) in [6, 6.07) is 11.2. The fourth-order valence-corrected chi connectivity index (χ4v) is 3.64. The summed E-state index contributed by atoms with van der Waals surface area (Å²) in [4.78, 5) is 37.2. The van der Waals surface area contributed by atoms with E-state index in [1.807, 2.05) is 45.6 Å². The number of hydrogen-bond donors (Lipinski definition) is 1. The van der Waals surface area contributed by atoms with Crippen LogP contribution in [0, 0.1) is 6.92 Å². The van der Waals surface area contributed by atoms with Crippen molar-refractivity contribution in [1.29, 1.82) is 0 Å². The maximum absolute atomic E-state index is 12.8. The molecule has 0 radical (unpaired) electrons. The number of imidazole rings is 1. The van der Waals surface area contributed by atoms with Crippen molar-refractivity contribution in [2.24, 2.45) is 5.73 Å². The molecule has 4 rings (SSSR count). The van der Waals surface area contributed by atoms with E-state index in [2.05, 4.69) is 9.97 Å². The second-order valence-electron chi connectivity index (χ2n) is 6.84. The molecule has 0 aliphatic carbocycles. The van der Waals surface area contributed by atoms with Gasteiger partial charge in [-0.15, -0.1) is 0 Å². The number of carbonyl (C=O) groups excluding carboxylic acids is 2. The zero-order chi connectivity index (χ0) is 19.7. The van der Waals surface area contributed by atoms with E-state index in [-0.39, 0.29) is 12.5 Å². The number of anilines is 1. The van der Waals surface area contributed by atoms with Crippen molar-refractivity contribution >= 4 is 28.7 Å². The monoisotopic (exact) mass is 378 g/mol. The van der Waals surface area contributed by atoms with Crippen LogP contribution in [-0.2, 0) is 11.3 Å². The topological polar surface area (TPSA) is 97.3 Å². The van der Waals surface area contributed by atoms with Gasteiger partial charge in [0.05, 0.1) is 16.6 Å². The zero-order valence-corrected chi connectivity index (χ0v) is 15.7. The van der Waals surface area contributed by atoms with E-state index in [1.54, 1.807) is 18.3 Å². The Balaban J connectivity index is 1.45. The largest absolute Gasteiger partial charge is 0.365 e. The Labute approximate surface area is 162 Å². The number of para-hydroxylation sites is 2. The molecule has 2 N–H and O–H groups in total. The van der Waals surface area contributed by atoms with Crippen LogP contribution in [0.2, 0.25) is 0 Å². The highest BCUT2D eigenvalue weighted by molar-refractivity contribution is 5.97. The third-order valence-corrected chi connectivity index (χ3v) is 5.12. The van der Waals surface area contributed by atoms with Gasteiger partial charge in [0.25, 0.3) is 5.91 Å². The summed E-state index contributed by atoms with van der Waals surface area (Å²) in [6.45, 7) is 4.53. The summed E-state index contributed by atoms with van der Waals surface area (Å²) < 4.78 is 1.95. The summed E-state index contributed by atoms with van der Waals surface area (Å²) in [5.74, 6) is 0.970. The number of aromatic nitrogens is 3. The van der Waals surface area contributed by atoms with E-state index in [1.165, 1.54) is 0 Å². The lowest BCUT2D eigenvalue weighted by molar-refractivity contribution is -0.132. The molecule has 1 aliphatic rings. The number of amides is 2. The number of nitrogens with two attached hydrogens (primary N) is 1. The smallest absolute Gasteiger partial charge is 0.252 e. The van der Waals surface area contributed by atoms with Crippen LogP contribution in [0.5, 0.6) is 0 Å². The number of primary amides is 1. The number of aryl methyl sites for hydroxylation is 1. The van der Waals surface area contributed by atoms with Gasteiger partial charge in [0.15, 0.2) is 0 Å². The van der Waals surface area contributed by atoms with Crippen LogP contribution in [0.25, 0.3) is 11.0 Å². The van der Waals surface area contributed by atoms with Crippen molar-refractivity contribution in [1.82, 2.24) is 19.4 Å². The number of benzene rings is 1. The number of nitrogens with zero attached hydrogens (tertiary/aromatic N) is 5. The molecular weight excluding hydrogens is 356 g/mol. The maximum atomic E-state index is 12.8. The van der Waals surface area contributed by atoms with Crippen LogP contribution in [0.1, 0.15) is 16.2 Å². The summed E-state index contributed by atoms with van der Waals surface area (Å²) in [5.41, 5.74) is 7.72. The van der Waals surface area contributed by atoms with E-state index in [4.69, 9.17) is 5.73 Å². The lowest BCUT2D eigenvalue weighted by atomic mass is 10.2. The van der Waals surface area contributed by atoms with Gasteiger partial charge in [-0.3, -0.25) is 9.59 Å². The molecule has 2 aromatic heterocycles. The van der Waals surface area contributed by atoms with Crippen molar-refractivity contribution < 1.29 is 9.59 Å². The maximum Gasteiger partial charge on any atom is 0.252 e. The molecule has 0 spiro atoms. The van der Waals surface area contributed by atoms with E-state index in [0.717, 1.165) is 16.9 Å². The second-order valence-corrected chi connectivity index (χ2v) is 6.84. The molecule has 3 aromatic rings. The Morgan fingerprint density at radius 3 is 2.57 bits per heavy atom. The Kier molecular flexibility index (Phi) is 4.68. The Hall–Kier alpha value is -3.42. The molecule has 0 atom stereocenters. The number of hydrogen-bond acceptors (Lipinski definition) is 5. The van der Waals surface area contributed by atoms with E-state index < -0.39 is 5.91 Å². The third-order valence-electron chi connectivity index (χ3n) is 5.12. The first-order valence-electron chi connectivity index (χ1n) is 9.24. The minimum atomic E-state index is -0.496. The average Bonchev–Trinajstić information content (AvgIpc) is 3.03. The van der Waals surface area contributed by atoms with E-state index in [9.17, 15) is 9.59 Å². The minimum Gasteiger partial charge on any atom is -0.365 e. The first-order chi connectivity index (χ1) is 13.5. The number of piperazine rings is 1. The number of fused-ring (bicyclic) bond motifs is 1.